The number of carboxylic acid groups (broad SMARTS) is 1. The average Bonchev–Trinajstić information content (AvgIpc) is 3.19. The molecule has 164 valence electrons. The van der Waals surface area contributed by atoms with Crippen molar-refractivity contribution in [1.29, 1.82) is 0 Å². The molecule has 4 aromatic rings. The van der Waals surface area contributed by atoms with E-state index in [4.69, 9.17) is 37.8 Å². The van der Waals surface area contributed by atoms with E-state index in [1.807, 2.05) is 24.3 Å². The molecule has 3 aromatic carbocycles. The Morgan fingerprint density at radius 2 is 1.56 bits per heavy atom. The molecule has 0 amide bonds. The van der Waals surface area contributed by atoms with Crippen molar-refractivity contribution >= 4 is 40.2 Å². The minimum absolute atomic E-state index is 0.0854. The Labute approximate surface area is 194 Å². The molecule has 0 atom stereocenters. The summed E-state index contributed by atoms with van der Waals surface area (Å²) in [6, 6.07) is 17.8. The fourth-order valence-corrected chi connectivity index (χ4v) is 3.53. The van der Waals surface area contributed by atoms with Gasteiger partial charge in [0.1, 0.15) is 28.2 Å². The third kappa shape index (κ3) is 5.30. The second-order valence-electron chi connectivity index (χ2n) is 6.98. The molecule has 32 heavy (non-hydrogen) atoms. The Hall–Kier alpha value is -3.29. The van der Waals surface area contributed by atoms with Gasteiger partial charge in [0.05, 0.1) is 24.7 Å². The van der Waals surface area contributed by atoms with Crippen LogP contribution in [0.1, 0.15) is 12.0 Å². The van der Waals surface area contributed by atoms with Gasteiger partial charge in [-0.05, 0) is 48.0 Å². The van der Waals surface area contributed by atoms with E-state index in [0.717, 1.165) is 11.0 Å². The molecular formula is C23H19Cl2N3O4. The van der Waals surface area contributed by atoms with Gasteiger partial charge in [0, 0.05) is 11.4 Å². The number of aromatic nitrogens is 3. The molecule has 7 nitrogen and oxygen atoms in total. The Morgan fingerprint density at radius 3 is 2.22 bits per heavy atom. The lowest BCUT2D eigenvalue weighted by Crippen LogP contribution is -2.08. The summed E-state index contributed by atoms with van der Waals surface area (Å²) in [4.78, 5) is 12.3. The molecule has 0 fully saturated rings. The summed E-state index contributed by atoms with van der Waals surface area (Å²) < 4.78 is 11.6. The van der Waals surface area contributed by atoms with Gasteiger partial charge in [-0.15, -0.1) is 15.0 Å². The van der Waals surface area contributed by atoms with Crippen molar-refractivity contribution < 1.29 is 19.4 Å². The second kappa shape index (κ2) is 9.89. The van der Waals surface area contributed by atoms with Gasteiger partial charge < -0.3 is 14.6 Å². The van der Waals surface area contributed by atoms with Crippen LogP contribution < -0.4 is 9.47 Å². The van der Waals surface area contributed by atoms with Crippen LogP contribution in [-0.2, 0) is 11.2 Å². The highest BCUT2D eigenvalue weighted by atomic mass is 35.5. The maximum atomic E-state index is 10.8. The number of benzene rings is 3. The van der Waals surface area contributed by atoms with Crippen LogP contribution >= 0.6 is 23.2 Å². The molecular weight excluding hydrogens is 453 g/mol. The minimum atomic E-state index is -0.910. The van der Waals surface area contributed by atoms with Crippen LogP contribution in [0.4, 0.5) is 0 Å². The molecule has 4 rings (SSSR count). The highest BCUT2D eigenvalue weighted by Gasteiger charge is 2.12. The fourth-order valence-electron chi connectivity index (χ4n) is 3.11. The van der Waals surface area contributed by atoms with E-state index in [2.05, 4.69) is 10.2 Å². The van der Waals surface area contributed by atoms with Gasteiger partial charge in [-0.1, -0.05) is 41.4 Å². The van der Waals surface area contributed by atoms with Crippen molar-refractivity contribution in [2.24, 2.45) is 0 Å². The van der Waals surface area contributed by atoms with Crippen molar-refractivity contribution in [2.75, 3.05) is 13.2 Å². The highest BCUT2D eigenvalue weighted by molar-refractivity contribution is 6.32. The zero-order valence-electron chi connectivity index (χ0n) is 16.9. The normalized spacial score (nSPS) is 10.9. The number of nitrogens with zero attached hydrogens (tertiary/aromatic N) is 3. The number of carbonyl (C=O) groups is 1. The number of ether oxygens (including phenoxy) is 2. The van der Waals surface area contributed by atoms with E-state index < -0.39 is 5.97 Å². The van der Waals surface area contributed by atoms with Crippen molar-refractivity contribution in [3.8, 4) is 17.2 Å². The fraction of sp³-hybridized carbons (Fsp3) is 0.174. The summed E-state index contributed by atoms with van der Waals surface area (Å²) in [5, 5.41) is 18.8. The standard InChI is InChI=1S/C23H19Cl2N3O4/c24-16-7-9-22(20(14-16)28-26-18-4-1-2-5-19(18)27-28)32-11-3-10-31-21-8-6-15(12-17(21)25)13-23(29)30/h1-2,4-9,12,14H,3,10-11,13H2,(H,29,30). The van der Waals surface area contributed by atoms with Gasteiger partial charge in [-0.25, -0.2) is 0 Å². The molecule has 0 aliphatic carbocycles. The van der Waals surface area contributed by atoms with Crippen molar-refractivity contribution in [2.45, 2.75) is 12.8 Å². The molecule has 0 aliphatic rings. The number of hydrogen-bond donors (Lipinski definition) is 1. The van der Waals surface area contributed by atoms with Crippen LogP contribution in [0.15, 0.2) is 60.7 Å². The van der Waals surface area contributed by atoms with Crippen LogP contribution in [0.5, 0.6) is 11.5 Å². The summed E-state index contributed by atoms with van der Waals surface area (Å²) in [7, 11) is 0. The van der Waals surface area contributed by atoms with Gasteiger partial charge in [0.15, 0.2) is 0 Å². The molecule has 0 radical (unpaired) electrons. The Balaban J connectivity index is 1.36. The predicted octanol–water partition coefficient (Wildman–Crippen LogP) is 5.20. The first-order chi connectivity index (χ1) is 15.5. The number of fused-ring (bicyclic) bond motifs is 1. The van der Waals surface area contributed by atoms with Crippen LogP contribution in [0.2, 0.25) is 10.0 Å². The largest absolute Gasteiger partial charge is 0.492 e. The number of rotatable bonds is 9. The highest BCUT2D eigenvalue weighted by Crippen LogP contribution is 2.28. The number of halogens is 2. The van der Waals surface area contributed by atoms with Crippen molar-refractivity contribution in [3.05, 3.63) is 76.3 Å². The SMILES string of the molecule is O=C(O)Cc1ccc(OCCCOc2ccc(Cl)cc2-n2nc3ccccc3n2)c(Cl)c1. The molecule has 0 saturated carbocycles. The van der Waals surface area contributed by atoms with Crippen molar-refractivity contribution in [3.63, 3.8) is 0 Å². The number of hydrogen-bond acceptors (Lipinski definition) is 5. The van der Waals surface area contributed by atoms with Crippen LogP contribution in [0, 0.1) is 0 Å². The predicted molar refractivity (Wildman–Crippen MR) is 122 cm³/mol. The lowest BCUT2D eigenvalue weighted by molar-refractivity contribution is -0.136. The van der Waals surface area contributed by atoms with E-state index in [-0.39, 0.29) is 6.42 Å². The van der Waals surface area contributed by atoms with Crippen LogP contribution in [0.25, 0.3) is 16.7 Å². The summed E-state index contributed by atoms with van der Waals surface area (Å²) >= 11 is 12.4. The molecule has 9 heteroatoms. The third-order valence-corrected chi connectivity index (χ3v) is 5.11. The van der Waals surface area contributed by atoms with Gasteiger partial charge in [-0.3, -0.25) is 4.79 Å². The molecule has 0 bridgehead atoms. The van der Waals surface area contributed by atoms with Gasteiger partial charge in [0.2, 0.25) is 0 Å². The smallest absolute Gasteiger partial charge is 0.307 e. The average molecular weight is 472 g/mol. The minimum Gasteiger partial charge on any atom is -0.492 e. The van der Waals surface area contributed by atoms with Crippen LogP contribution in [-0.4, -0.2) is 39.3 Å². The Morgan fingerprint density at radius 1 is 0.906 bits per heavy atom. The molecule has 0 spiro atoms. The molecule has 0 aliphatic heterocycles. The summed E-state index contributed by atoms with van der Waals surface area (Å²) in [5.74, 6) is 0.193. The molecule has 0 unspecified atom stereocenters. The summed E-state index contributed by atoms with van der Waals surface area (Å²) in [5.41, 5.74) is 2.82. The van der Waals surface area contributed by atoms with E-state index >= 15 is 0 Å². The third-order valence-electron chi connectivity index (χ3n) is 4.58. The monoisotopic (exact) mass is 471 g/mol. The molecule has 1 heterocycles. The van der Waals surface area contributed by atoms with E-state index in [0.29, 0.717) is 52.4 Å². The van der Waals surface area contributed by atoms with Gasteiger partial charge in [0.25, 0.3) is 0 Å². The number of aliphatic carboxylic acids is 1. The van der Waals surface area contributed by atoms with E-state index in [1.54, 1.807) is 36.4 Å². The zero-order chi connectivity index (χ0) is 22.5. The Kier molecular flexibility index (Phi) is 6.78. The van der Waals surface area contributed by atoms with Gasteiger partial charge >= 0.3 is 5.97 Å². The quantitative estimate of drug-likeness (QED) is 0.337. The van der Waals surface area contributed by atoms with Crippen LogP contribution in [0.3, 0.4) is 0 Å². The maximum Gasteiger partial charge on any atom is 0.307 e. The number of carboxylic acids is 1. The van der Waals surface area contributed by atoms with E-state index in [9.17, 15) is 4.79 Å². The first kappa shape index (κ1) is 21.9. The van der Waals surface area contributed by atoms with Gasteiger partial charge in [-0.2, -0.15) is 0 Å². The molecule has 1 N–H and O–H groups in total. The Bertz CT molecular complexity index is 1230. The molecule has 1 aromatic heterocycles. The summed E-state index contributed by atoms with van der Waals surface area (Å²) in [6.07, 6.45) is 0.516. The second-order valence-corrected chi connectivity index (χ2v) is 7.82. The maximum absolute atomic E-state index is 10.8. The molecule has 0 saturated heterocycles. The lowest BCUT2D eigenvalue weighted by atomic mass is 10.1. The zero-order valence-corrected chi connectivity index (χ0v) is 18.4. The van der Waals surface area contributed by atoms with Crippen molar-refractivity contribution in [1.82, 2.24) is 15.0 Å². The topological polar surface area (TPSA) is 86.5 Å². The van der Waals surface area contributed by atoms with E-state index in [1.165, 1.54) is 4.80 Å². The summed E-state index contributed by atoms with van der Waals surface area (Å²) in [6.45, 7) is 0.773. The lowest BCUT2D eigenvalue weighted by Gasteiger charge is -2.12. The first-order valence-electron chi connectivity index (χ1n) is 9.87. The first-order valence-corrected chi connectivity index (χ1v) is 10.6.